The van der Waals surface area contributed by atoms with Gasteiger partial charge in [0.1, 0.15) is 0 Å². The monoisotopic (exact) mass is 88.0 g/mol. The zero-order chi connectivity index (χ0) is 4.28. The molecule has 0 bridgehead atoms. The van der Waals surface area contributed by atoms with E-state index in [-0.39, 0.29) is 0 Å². The van der Waals surface area contributed by atoms with Gasteiger partial charge in [-0.1, -0.05) is 5.79 Å². The first-order valence-corrected chi connectivity index (χ1v) is 3.61. The van der Waals surface area contributed by atoms with Crippen LogP contribution in [-0.2, 0) is 0 Å². The fourth-order valence-corrected chi connectivity index (χ4v) is 0. The highest BCUT2D eigenvalue weighted by atomic mass is 27.1. The second kappa shape index (κ2) is 2.25. The lowest BCUT2D eigenvalue weighted by atomic mass is 11.6. The molecule has 0 saturated carbocycles. The fraction of sp³-hybridized carbons (Fsp3) is 0.500. The molecule has 3 heteroatoms. The average Bonchev–Trinajstić information content (AvgIpc) is 1.38. The quantitative estimate of drug-likeness (QED) is 0.463. The van der Waals surface area contributed by atoms with Gasteiger partial charge in [0.15, 0.2) is 4.83 Å². The normalized spacial score (nSPS) is 6.60. The molecule has 0 radical (unpaired) electrons. The minimum atomic E-state index is -0.735. The van der Waals surface area contributed by atoms with E-state index in [4.69, 9.17) is 5.11 Å². The molecule has 0 spiro atoms. The standard InChI is InChI=1S/CHO2.CH3.Al.H/c2-1-3;;;/h(H,2,3);1H3;;. The van der Waals surface area contributed by atoms with Crippen molar-refractivity contribution in [2.45, 2.75) is 5.79 Å². The summed E-state index contributed by atoms with van der Waals surface area (Å²) in [6.07, 6.45) is 0. The highest BCUT2D eigenvalue weighted by Gasteiger charge is 1.88. The van der Waals surface area contributed by atoms with Gasteiger partial charge in [0, 0.05) is 0 Å². The Morgan fingerprint density at radius 1 is 2.00 bits per heavy atom. The van der Waals surface area contributed by atoms with E-state index in [9.17, 15) is 4.79 Å². The highest BCUT2D eigenvalue weighted by molar-refractivity contribution is 6.70. The van der Waals surface area contributed by atoms with Crippen molar-refractivity contribution < 1.29 is 9.90 Å². The van der Waals surface area contributed by atoms with Crippen molar-refractivity contribution in [3.63, 3.8) is 0 Å². The van der Waals surface area contributed by atoms with Gasteiger partial charge in [0.25, 0.3) is 0 Å². The molecule has 0 rings (SSSR count). The van der Waals surface area contributed by atoms with E-state index in [1.807, 2.05) is 0 Å². The highest BCUT2D eigenvalue weighted by Crippen LogP contribution is 1.56. The molecule has 0 unspecified atom stereocenters. The van der Waals surface area contributed by atoms with Gasteiger partial charge in [-0.2, -0.15) is 0 Å². The number of carbonyl (C=O) groups is 1. The molecule has 28 valence electrons. The van der Waals surface area contributed by atoms with Gasteiger partial charge < -0.3 is 5.11 Å². The minimum Gasteiger partial charge on any atom is -0.496 e. The molecule has 0 aliphatic heterocycles. The first-order valence-electron chi connectivity index (χ1n) is 1.49. The fourth-order valence-electron chi connectivity index (χ4n) is 0. The minimum absolute atomic E-state index is 0.606. The second-order valence-electron chi connectivity index (χ2n) is 0.747. The van der Waals surface area contributed by atoms with Crippen LogP contribution in [0.25, 0.3) is 0 Å². The molecule has 0 amide bonds. The van der Waals surface area contributed by atoms with Gasteiger partial charge in [0.05, 0.1) is 0 Å². The smallest absolute Gasteiger partial charge is 0.407 e. The van der Waals surface area contributed by atoms with Crippen molar-refractivity contribution in [3.8, 4) is 0 Å². The average molecular weight is 88.0 g/mol. The molecule has 1 N–H and O–H groups in total. The van der Waals surface area contributed by atoms with E-state index >= 15 is 0 Å². The van der Waals surface area contributed by atoms with E-state index in [1.54, 1.807) is 5.79 Å². The van der Waals surface area contributed by atoms with E-state index < -0.39 is 20.1 Å². The summed E-state index contributed by atoms with van der Waals surface area (Å²) >= 11 is -0.735. The van der Waals surface area contributed by atoms with Crippen LogP contribution in [0.5, 0.6) is 0 Å². The van der Waals surface area contributed by atoms with Crippen molar-refractivity contribution >= 4 is 20.1 Å². The Morgan fingerprint density at radius 2 is 2.20 bits per heavy atom. The topological polar surface area (TPSA) is 37.3 Å². The predicted octanol–water partition coefficient (Wildman–Crippen LogP) is 0.149. The Kier molecular flexibility index (Phi) is 2.25. The van der Waals surface area contributed by atoms with E-state index in [0.29, 0.717) is 0 Å². The van der Waals surface area contributed by atoms with Gasteiger partial charge in [-0.15, -0.1) is 0 Å². The van der Waals surface area contributed by atoms with Crippen LogP contribution in [0.3, 0.4) is 0 Å². The number of carboxylic acid groups (broad SMARTS) is 1. The van der Waals surface area contributed by atoms with Crippen LogP contribution >= 0.6 is 0 Å². The van der Waals surface area contributed by atoms with Crippen molar-refractivity contribution in [2.24, 2.45) is 0 Å². The van der Waals surface area contributed by atoms with E-state index in [1.165, 1.54) is 0 Å². The first-order chi connectivity index (χ1) is 2.27. The number of rotatable bonds is 1. The Bertz CT molecular complexity index is 42.9. The third kappa shape index (κ3) is 4.00. The Morgan fingerprint density at radius 3 is 2.20 bits per heavy atom. The summed E-state index contributed by atoms with van der Waals surface area (Å²) in [5.41, 5.74) is 0. The van der Waals surface area contributed by atoms with Crippen molar-refractivity contribution in [1.29, 1.82) is 0 Å². The molecule has 0 atom stereocenters. The Hall–Kier alpha value is 0.00247. The molecule has 5 heavy (non-hydrogen) atoms. The predicted molar refractivity (Wildman–Crippen MR) is 21.0 cm³/mol. The molecular weight excluding hydrogens is 83.0 g/mol. The molecule has 0 aliphatic rings. The van der Waals surface area contributed by atoms with Gasteiger partial charge in [-0.05, 0) is 0 Å². The largest absolute Gasteiger partial charge is 0.496 e. The van der Waals surface area contributed by atoms with Crippen LogP contribution < -0.4 is 0 Å². The molecule has 2 nitrogen and oxygen atoms in total. The lowest BCUT2D eigenvalue weighted by molar-refractivity contribution is 0.220. The molecule has 0 aromatic heterocycles. The van der Waals surface area contributed by atoms with Crippen LogP contribution in [0.4, 0.5) is 4.79 Å². The summed E-state index contributed by atoms with van der Waals surface area (Å²) in [6, 6.07) is 0. The maximum absolute atomic E-state index is 9.43. The van der Waals surface area contributed by atoms with Gasteiger partial charge in [-0.3, -0.25) is 4.79 Å². The third-order valence-electron chi connectivity index (χ3n) is 0.302. The molecule has 0 aromatic carbocycles. The lowest BCUT2D eigenvalue weighted by Gasteiger charge is -1.69. The molecule has 0 heterocycles. The summed E-state index contributed by atoms with van der Waals surface area (Å²) in [4.78, 5) is 8.82. The number of hydrogen-bond donors (Lipinski definition) is 1. The summed E-state index contributed by atoms with van der Waals surface area (Å²) in [6.45, 7) is 0. The van der Waals surface area contributed by atoms with Crippen molar-refractivity contribution in [1.82, 2.24) is 0 Å². The van der Waals surface area contributed by atoms with Gasteiger partial charge in [0.2, 0.25) is 0 Å². The molecule has 0 aliphatic carbocycles. The van der Waals surface area contributed by atoms with Crippen LogP contribution in [0.2, 0.25) is 5.79 Å². The number of hydrogen-bond acceptors (Lipinski definition) is 1. The zero-order valence-corrected chi connectivity index (χ0v) is 4.48. The summed E-state index contributed by atoms with van der Waals surface area (Å²) in [7, 11) is 0. The van der Waals surface area contributed by atoms with Crippen LogP contribution in [-0.4, -0.2) is 25.2 Å². The zero-order valence-electron chi connectivity index (χ0n) is 3.06. The first kappa shape index (κ1) is 5.00. The SMILES string of the molecule is [CH3][AlH][C](=O)O. The third-order valence-corrected chi connectivity index (χ3v) is 0.907. The van der Waals surface area contributed by atoms with E-state index in [0.717, 1.165) is 0 Å². The molecular formula is C2H5AlO2. The molecule has 0 fully saturated rings. The summed E-state index contributed by atoms with van der Waals surface area (Å²) in [5.74, 6) is 1.74. The van der Waals surface area contributed by atoms with Gasteiger partial charge >= 0.3 is 15.2 Å². The summed E-state index contributed by atoms with van der Waals surface area (Å²) in [5, 5.41) is 7.78. The van der Waals surface area contributed by atoms with Crippen molar-refractivity contribution in [2.75, 3.05) is 0 Å². The van der Waals surface area contributed by atoms with Crippen LogP contribution in [0.15, 0.2) is 0 Å². The van der Waals surface area contributed by atoms with Crippen LogP contribution in [0.1, 0.15) is 0 Å². The molecule has 0 aromatic rings. The molecule has 0 saturated heterocycles. The van der Waals surface area contributed by atoms with Crippen LogP contribution in [0, 0.1) is 0 Å². The lowest BCUT2D eigenvalue weighted by Crippen LogP contribution is -1.97. The van der Waals surface area contributed by atoms with Crippen molar-refractivity contribution in [3.05, 3.63) is 0 Å². The maximum atomic E-state index is 9.43. The van der Waals surface area contributed by atoms with E-state index in [2.05, 4.69) is 0 Å². The Balaban J connectivity index is 2.85. The Labute approximate surface area is 36.5 Å². The van der Waals surface area contributed by atoms with Gasteiger partial charge in [-0.25, -0.2) is 0 Å². The maximum Gasteiger partial charge on any atom is 0.407 e. The second-order valence-corrected chi connectivity index (χ2v) is 2.06. The summed E-state index contributed by atoms with van der Waals surface area (Å²) < 4.78 is 0.